The molecule has 0 saturated heterocycles. The molecule has 0 aliphatic rings. The Bertz CT molecular complexity index is 394. The average molecular weight is 260 g/mol. The monoisotopic (exact) mass is 260 g/mol. The molecule has 1 aromatic carbocycles. The molecular formula is C16H24N2O. The zero-order valence-corrected chi connectivity index (χ0v) is 12.2. The number of ether oxygens (including phenoxy) is 1. The first-order valence-corrected chi connectivity index (χ1v) is 6.96. The summed E-state index contributed by atoms with van der Waals surface area (Å²) in [6.45, 7) is 6.09. The maximum Gasteiger partial charge on any atom is 0.119 e. The van der Waals surface area contributed by atoms with E-state index in [-0.39, 0.29) is 0 Å². The van der Waals surface area contributed by atoms with Crippen molar-refractivity contribution in [1.29, 1.82) is 5.26 Å². The summed E-state index contributed by atoms with van der Waals surface area (Å²) in [4.78, 5) is 2.33. The maximum atomic E-state index is 8.60. The molecular weight excluding hydrogens is 236 g/mol. The molecule has 0 aliphatic carbocycles. The number of nitrogens with zero attached hydrogens (tertiary/aromatic N) is 2. The van der Waals surface area contributed by atoms with E-state index in [1.807, 2.05) is 24.3 Å². The van der Waals surface area contributed by atoms with E-state index >= 15 is 0 Å². The summed E-state index contributed by atoms with van der Waals surface area (Å²) in [5.74, 6) is 0.873. The van der Waals surface area contributed by atoms with Gasteiger partial charge in [0.15, 0.2) is 0 Å². The van der Waals surface area contributed by atoms with Gasteiger partial charge < -0.3 is 9.64 Å². The van der Waals surface area contributed by atoms with E-state index < -0.39 is 0 Å². The highest BCUT2D eigenvalue weighted by atomic mass is 16.5. The second-order valence-electron chi connectivity index (χ2n) is 4.95. The summed E-state index contributed by atoms with van der Waals surface area (Å²) < 4.78 is 5.71. The Balaban J connectivity index is 2.31. The van der Waals surface area contributed by atoms with Crippen molar-refractivity contribution in [2.24, 2.45) is 0 Å². The Morgan fingerprint density at radius 2 is 2.00 bits per heavy atom. The van der Waals surface area contributed by atoms with Crippen LogP contribution in [-0.4, -0.2) is 31.1 Å². The zero-order chi connectivity index (χ0) is 14.1. The molecule has 0 amide bonds. The summed E-state index contributed by atoms with van der Waals surface area (Å²) in [5, 5.41) is 8.60. The molecule has 0 aliphatic heterocycles. The van der Waals surface area contributed by atoms with Gasteiger partial charge >= 0.3 is 0 Å². The van der Waals surface area contributed by atoms with Crippen LogP contribution < -0.4 is 4.74 Å². The highest BCUT2D eigenvalue weighted by molar-refractivity contribution is 5.28. The highest BCUT2D eigenvalue weighted by Crippen LogP contribution is 2.12. The topological polar surface area (TPSA) is 36.3 Å². The minimum Gasteiger partial charge on any atom is -0.492 e. The van der Waals surface area contributed by atoms with Gasteiger partial charge in [0.25, 0.3) is 0 Å². The van der Waals surface area contributed by atoms with Gasteiger partial charge in [-0.15, -0.1) is 0 Å². The second kappa shape index (κ2) is 8.55. The number of nitriles is 1. The van der Waals surface area contributed by atoms with E-state index in [0.717, 1.165) is 17.9 Å². The van der Waals surface area contributed by atoms with Gasteiger partial charge in [0.1, 0.15) is 12.4 Å². The fourth-order valence-electron chi connectivity index (χ4n) is 1.96. The van der Waals surface area contributed by atoms with Crippen LogP contribution in [0.2, 0.25) is 0 Å². The van der Waals surface area contributed by atoms with Gasteiger partial charge in [-0.3, -0.25) is 0 Å². The lowest BCUT2D eigenvalue weighted by molar-refractivity contribution is 0.193. The van der Waals surface area contributed by atoms with Crippen LogP contribution >= 0.6 is 0 Å². The Hall–Kier alpha value is -1.53. The Labute approximate surface area is 116 Å². The molecule has 1 aromatic rings. The van der Waals surface area contributed by atoms with Crippen LogP contribution in [0.5, 0.6) is 5.75 Å². The smallest absolute Gasteiger partial charge is 0.119 e. The van der Waals surface area contributed by atoms with Crippen molar-refractivity contribution in [3.05, 3.63) is 29.8 Å². The third-order valence-corrected chi connectivity index (χ3v) is 3.38. The molecule has 1 atom stereocenters. The first-order chi connectivity index (χ1) is 9.17. The van der Waals surface area contributed by atoms with E-state index in [0.29, 0.717) is 19.1 Å². The van der Waals surface area contributed by atoms with E-state index in [9.17, 15) is 0 Å². The fraction of sp³-hybridized carbons (Fsp3) is 0.562. The van der Waals surface area contributed by atoms with Gasteiger partial charge in [-0.1, -0.05) is 25.5 Å². The summed E-state index contributed by atoms with van der Waals surface area (Å²) in [5.41, 5.74) is 1.03. The zero-order valence-electron chi connectivity index (χ0n) is 12.2. The van der Waals surface area contributed by atoms with Gasteiger partial charge in [-0.05, 0) is 38.1 Å². The molecule has 19 heavy (non-hydrogen) atoms. The summed E-state index contributed by atoms with van der Waals surface area (Å²) in [7, 11) is 2.14. The normalized spacial score (nSPS) is 12.2. The minimum absolute atomic E-state index is 0.456. The lowest BCUT2D eigenvalue weighted by Gasteiger charge is -2.24. The van der Waals surface area contributed by atoms with Crippen LogP contribution in [0.3, 0.4) is 0 Å². The van der Waals surface area contributed by atoms with Crippen molar-refractivity contribution < 1.29 is 4.74 Å². The second-order valence-corrected chi connectivity index (χ2v) is 4.95. The van der Waals surface area contributed by atoms with Crippen LogP contribution in [-0.2, 0) is 6.42 Å². The summed E-state index contributed by atoms with van der Waals surface area (Å²) >= 11 is 0. The molecule has 3 heteroatoms. The van der Waals surface area contributed by atoms with Crippen LogP contribution in [0.15, 0.2) is 24.3 Å². The van der Waals surface area contributed by atoms with Gasteiger partial charge in [-0.2, -0.15) is 5.26 Å². The SMILES string of the molecule is CCCC(C)N(C)CCOc1ccc(CC#N)cc1. The molecule has 1 unspecified atom stereocenters. The molecule has 3 nitrogen and oxygen atoms in total. The third kappa shape index (κ3) is 5.76. The van der Waals surface area contributed by atoms with Crippen LogP contribution in [0.25, 0.3) is 0 Å². The third-order valence-electron chi connectivity index (χ3n) is 3.38. The molecule has 0 saturated carbocycles. The minimum atomic E-state index is 0.456. The standard InChI is InChI=1S/C16H24N2O/c1-4-5-14(2)18(3)12-13-19-16-8-6-15(7-9-16)10-11-17/h6-9,14H,4-5,10,12-13H2,1-3H3. The van der Waals surface area contributed by atoms with Crippen LogP contribution in [0.4, 0.5) is 0 Å². The number of benzene rings is 1. The van der Waals surface area contributed by atoms with E-state index in [2.05, 4.69) is 31.9 Å². The number of rotatable bonds is 8. The average Bonchev–Trinajstić information content (AvgIpc) is 2.41. The van der Waals surface area contributed by atoms with Crippen molar-refractivity contribution in [3.63, 3.8) is 0 Å². The van der Waals surface area contributed by atoms with Gasteiger partial charge in [0, 0.05) is 12.6 Å². The predicted octanol–water partition coefficient (Wildman–Crippen LogP) is 3.25. The summed E-state index contributed by atoms with van der Waals surface area (Å²) in [6, 6.07) is 10.5. The molecule has 1 rings (SSSR count). The predicted molar refractivity (Wildman–Crippen MR) is 78.3 cm³/mol. The highest BCUT2D eigenvalue weighted by Gasteiger charge is 2.07. The lowest BCUT2D eigenvalue weighted by Crippen LogP contribution is -2.32. The molecule has 0 aromatic heterocycles. The number of hydrogen-bond donors (Lipinski definition) is 0. The molecule has 0 fully saturated rings. The Morgan fingerprint density at radius 3 is 2.58 bits per heavy atom. The molecule has 104 valence electrons. The van der Waals surface area contributed by atoms with Crippen molar-refractivity contribution in [2.45, 2.75) is 39.2 Å². The lowest BCUT2D eigenvalue weighted by atomic mass is 10.2. The molecule has 0 heterocycles. The van der Waals surface area contributed by atoms with Gasteiger partial charge in [0.05, 0.1) is 12.5 Å². The maximum absolute atomic E-state index is 8.60. The number of likely N-dealkylation sites (N-methyl/N-ethyl adjacent to an activating group) is 1. The van der Waals surface area contributed by atoms with E-state index in [4.69, 9.17) is 10.00 Å². The molecule has 0 radical (unpaired) electrons. The Morgan fingerprint density at radius 1 is 1.32 bits per heavy atom. The van der Waals surface area contributed by atoms with Gasteiger partial charge in [0.2, 0.25) is 0 Å². The molecule has 0 N–H and O–H groups in total. The first kappa shape index (κ1) is 15.5. The van der Waals surface area contributed by atoms with E-state index in [1.54, 1.807) is 0 Å². The van der Waals surface area contributed by atoms with E-state index in [1.165, 1.54) is 12.8 Å². The Kier molecular flexibility index (Phi) is 6.99. The van der Waals surface area contributed by atoms with Crippen LogP contribution in [0.1, 0.15) is 32.3 Å². The van der Waals surface area contributed by atoms with Crippen molar-refractivity contribution in [2.75, 3.05) is 20.2 Å². The first-order valence-electron chi connectivity index (χ1n) is 6.96. The van der Waals surface area contributed by atoms with Gasteiger partial charge in [-0.25, -0.2) is 0 Å². The molecule has 0 spiro atoms. The van der Waals surface area contributed by atoms with Crippen molar-refractivity contribution >= 4 is 0 Å². The fourth-order valence-corrected chi connectivity index (χ4v) is 1.96. The largest absolute Gasteiger partial charge is 0.492 e. The quantitative estimate of drug-likeness (QED) is 0.720. The number of hydrogen-bond acceptors (Lipinski definition) is 3. The summed E-state index contributed by atoms with van der Waals surface area (Å²) in [6.07, 6.45) is 2.89. The van der Waals surface area contributed by atoms with Crippen molar-refractivity contribution in [3.8, 4) is 11.8 Å². The van der Waals surface area contributed by atoms with Crippen molar-refractivity contribution in [1.82, 2.24) is 4.90 Å². The van der Waals surface area contributed by atoms with Crippen LogP contribution in [0, 0.1) is 11.3 Å². The molecule has 0 bridgehead atoms.